The molecule has 1 N–H and O–H groups in total. The van der Waals surface area contributed by atoms with Gasteiger partial charge in [-0.1, -0.05) is 11.6 Å². The SMILES string of the molecule is Cc1cc(NC(=O)c2ccco2)sc1C(=O)OC(C)C(=O)c1ccc(Cl)cc1. The van der Waals surface area contributed by atoms with Gasteiger partial charge in [0.1, 0.15) is 4.88 Å². The lowest BCUT2D eigenvalue weighted by atomic mass is 10.1. The molecule has 2 aromatic heterocycles. The Kier molecular flexibility index (Phi) is 5.96. The number of hydrogen-bond acceptors (Lipinski definition) is 6. The van der Waals surface area contributed by atoms with E-state index >= 15 is 0 Å². The largest absolute Gasteiger partial charge is 0.459 e. The van der Waals surface area contributed by atoms with E-state index in [0.29, 0.717) is 26.0 Å². The van der Waals surface area contributed by atoms with E-state index in [-0.39, 0.29) is 11.5 Å². The molecule has 2 heterocycles. The van der Waals surface area contributed by atoms with Crippen molar-refractivity contribution in [1.82, 2.24) is 0 Å². The number of esters is 1. The van der Waals surface area contributed by atoms with E-state index in [9.17, 15) is 14.4 Å². The van der Waals surface area contributed by atoms with Crippen LogP contribution in [-0.2, 0) is 4.74 Å². The number of halogens is 1. The van der Waals surface area contributed by atoms with Gasteiger partial charge in [0.25, 0.3) is 5.91 Å². The van der Waals surface area contributed by atoms with Crippen molar-refractivity contribution in [2.24, 2.45) is 0 Å². The summed E-state index contributed by atoms with van der Waals surface area (Å²) in [5.41, 5.74) is 1.04. The van der Waals surface area contributed by atoms with E-state index in [2.05, 4.69) is 5.32 Å². The summed E-state index contributed by atoms with van der Waals surface area (Å²) >= 11 is 6.89. The first-order valence-corrected chi connectivity index (χ1v) is 9.50. The summed E-state index contributed by atoms with van der Waals surface area (Å²) in [6.07, 6.45) is 0.438. The lowest BCUT2D eigenvalue weighted by molar-refractivity contribution is 0.0323. The number of amides is 1. The third kappa shape index (κ3) is 4.49. The molecule has 1 atom stereocenters. The minimum Gasteiger partial charge on any atom is -0.459 e. The summed E-state index contributed by atoms with van der Waals surface area (Å²) in [5, 5.41) is 3.65. The van der Waals surface area contributed by atoms with E-state index < -0.39 is 18.0 Å². The highest BCUT2D eigenvalue weighted by Gasteiger charge is 2.23. The second-order valence-electron chi connectivity index (χ2n) is 5.97. The van der Waals surface area contributed by atoms with Crippen molar-refractivity contribution in [3.8, 4) is 0 Å². The number of carbonyl (C=O) groups excluding carboxylic acids is 3. The maximum Gasteiger partial charge on any atom is 0.349 e. The molecular formula is C20H16ClNO5S. The summed E-state index contributed by atoms with van der Waals surface area (Å²) in [6, 6.07) is 11.2. The van der Waals surface area contributed by atoms with Gasteiger partial charge in [-0.2, -0.15) is 0 Å². The van der Waals surface area contributed by atoms with Crippen LogP contribution in [0.4, 0.5) is 5.00 Å². The van der Waals surface area contributed by atoms with Crippen LogP contribution in [-0.4, -0.2) is 23.8 Å². The molecule has 3 rings (SSSR count). The Morgan fingerprint density at radius 3 is 2.54 bits per heavy atom. The van der Waals surface area contributed by atoms with Crippen LogP contribution in [0, 0.1) is 6.92 Å². The highest BCUT2D eigenvalue weighted by Crippen LogP contribution is 2.28. The Balaban J connectivity index is 1.67. The minimum absolute atomic E-state index is 0.164. The third-order valence-corrected chi connectivity index (χ3v) is 5.25. The van der Waals surface area contributed by atoms with E-state index in [4.69, 9.17) is 20.8 Å². The molecule has 1 amide bonds. The highest BCUT2D eigenvalue weighted by molar-refractivity contribution is 7.18. The molecule has 0 bridgehead atoms. The van der Waals surface area contributed by atoms with E-state index in [1.807, 2.05) is 0 Å². The Morgan fingerprint density at radius 2 is 1.89 bits per heavy atom. The highest BCUT2D eigenvalue weighted by atomic mass is 35.5. The lowest BCUT2D eigenvalue weighted by Gasteiger charge is -2.12. The van der Waals surface area contributed by atoms with Crippen LogP contribution in [0.3, 0.4) is 0 Å². The first-order chi connectivity index (χ1) is 13.3. The number of ether oxygens (including phenoxy) is 1. The number of hydrogen-bond donors (Lipinski definition) is 1. The number of rotatable bonds is 6. The van der Waals surface area contributed by atoms with Crippen molar-refractivity contribution in [3.63, 3.8) is 0 Å². The van der Waals surface area contributed by atoms with Crippen molar-refractivity contribution >= 4 is 45.6 Å². The topological polar surface area (TPSA) is 85.6 Å². The van der Waals surface area contributed by atoms with Gasteiger partial charge in [0.05, 0.1) is 11.3 Å². The molecule has 0 radical (unpaired) electrons. The van der Waals surface area contributed by atoms with E-state index in [0.717, 1.165) is 11.3 Å². The summed E-state index contributed by atoms with van der Waals surface area (Å²) in [5.74, 6) is -1.21. The molecule has 1 aromatic carbocycles. The third-order valence-electron chi connectivity index (χ3n) is 3.87. The predicted molar refractivity (Wildman–Crippen MR) is 106 cm³/mol. The van der Waals surface area contributed by atoms with Crippen LogP contribution >= 0.6 is 22.9 Å². The number of Topliss-reactive ketones (excluding diaryl/α,β-unsaturated/α-hetero) is 1. The van der Waals surface area contributed by atoms with Gasteiger partial charge in [0.15, 0.2) is 11.9 Å². The van der Waals surface area contributed by atoms with Crippen LogP contribution in [0.2, 0.25) is 5.02 Å². The average molecular weight is 418 g/mol. The van der Waals surface area contributed by atoms with Crippen LogP contribution in [0.1, 0.15) is 43.1 Å². The molecule has 0 aliphatic heterocycles. The molecule has 3 aromatic rings. The minimum atomic E-state index is -0.962. The second kappa shape index (κ2) is 8.41. The van der Waals surface area contributed by atoms with Crippen LogP contribution in [0.15, 0.2) is 53.1 Å². The van der Waals surface area contributed by atoms with Gasteiger partial charge in [-0.3, -0.25) is 9.59 Å². The van der Waals surface area contributed by atoms with Crippen molar-refractivity contribution in [2.75, 3.05) is 5.32 Å². The van der Waals surface area contributed by atoms with Crippen molar-refractivity contribution < 1.29 is 23.5 Å². The Labute approximate surface area is 170 Å². The number of aryl methyl sites for hydroxylation is 1. The molecule has 0 saturated heterocycles. The number of ketones is 1. The molecule has 1 unspecified atom stereocenters. The standard InChI is InChI=1S/C20H16ClNO5S/c1-11-10-16(22-19(24)15-4-3-9-26-15)28-18(11)20(25)27-12(2)17(23)13-5-7-14(21)8-6-13/h3-10,12H,1-2H3,(H,22,24). The number of furan rings is 1. The molecule has 8 heteroatoms. The lowest BCUT2D eigenvalue weighted by Crippen LogP contribution is -2.24. The summed E-state index contributed by atoms with van der Waals surface area (Å²) in [4.78, 5) is 37.2. The van der Waals surface area contributed by atoms with Crippen molar-refractivity contribution in [3.05, 3.63) is 75.5 Å². The summed E-state index contributed by atoms with van der Waals surface area (Å²) in [7, 11) is 0. The predicted octanol–water partition coefficient (Wildman–Crippen LogP) is 4.98. The molecule has 28 heavy (non-hydrogen) atoms. The quantitative estimate of drug-likeness (QED) is 0.451. The fourth-order valence-corrected chi connectivity index (χ4v) is 3.52. The molecule has 144 valence electrons. The fraction of sp³-hybridized carbons (Fsp3) is 0.150. The first-order valence-electron chi connectivity index (χ1n) is 8.31. The van der Waals surface area contributed by atoms with Gasteiger partial charge in [-0.05, 0) is 61.9 Å². The smallest absolute Gasteiger partial charge is 0.349 e. The number of carbonyl (C=O) groups is 3. The summed E-state index contributed by atoms with van der Waals surface area (Å²) < 4.78 is 10.3. The van der Waals surface area contributed by atoms with Gasteiger partial charge < -0.3 is 14.5 Å². The Hall–Kier alpha value is -2.90. The van der Waals surface area contributed by atoms with E-state index in [1.54, 1.807) is 43.3 Å². The number of nitrogens with one attached hydrogen (secondary N) is 1. The zero-order valence-corrected chi connectivity index (χ0v) is 16.6. The summed E-state index contributed by atoms with van der Waals surface area (Å²) in [6.45, 7) is 3.23. The number of benzene rings is 1. The second-order valence-corrected chi connectivity index (χ2v) is 7.46. The molecule has 0 spiro atoms. The van der Waals surface area contributed by atoms with Gasteiger partial charge in [0.2, 0.25) is 5.78 Å². The molecular weight excluding hydrogens is 402 g/mol. The van der Waals surface area contributed by atoms with E-state index in [1.165, 1.54) is 19.3 Å². The molecule has 6 nitrogen and oxygen atoms in total. The van der Waals surface area contributed by atoms with Crippen LogP contribution in [0.5, 0.6) is 0 Å². The monoisotopic (exact) mass is 417 g/mol. The number of anilines is 1. The Morgan fingerprint density at radius 1 is 1.18 bits per heavy atom. The van der Waals surface area contributed by atoms with Gasteiger partial charge >= 0.3 is 5.97 Å². The molecule has 0 aliphatic carbocycles. The Bertz CT molecular complexity index is 1010. The van der Waals surface area contributed by atoms with Gasteiger partial charge in [-0.25, -0.2) is 4.79 Å². The molecule has 0 aliphatic rings. The maximum atomic E-state index is 12.5. The van der Waals surface area contributed by atoms with Crippen molar-refractivity contribution in [1.29, 1.82) is 0 Å². The van der Waals surface area contributed by atoms with Gasteiger partial charge in [0, 0.05) is 10.6 Å². The average Bonchev–Trinajstić information content (AvgIpc) is 3.31. The zero-order valence-electron chi connectivity index (χ0n) is 15.0. The number of thiophene rings is 1. The van der Waals surface area contributed by atoms with Crippen LogP contribution < -0.4 is 5.32 Å². The molecule has 0 fully saturated rings. The fourth-order valence-electron chi connectivity index (χ4n) is 2.44. The first kappa shape index (κ1) is 19.9. The van der Waals surface area contributed by atoms with Crippen molar-refractivity contribution in [2.45, 2.75) is 20.0 Å². The van der Waals surface area contributed by atoms with Crippen LogP contribution in [0.25, 0.3) is 0 Å². The zero-order chi connectivity index (χ0) is 20.3. The van der Waals surface area contributed by atoms with Gasteiger partial charge in [-0.15, -0.1) is 11.3 Å². The maximum absolute atomic E-state index is 12.5. The molecule has 0 saturated carbocycles. The normalized spacial score (nSPS) is 11.7.